The van der Waals surface area contributed by atoms with Crippen LogP contribution in [0.5, 0.6) is 0 Å². The fraction of sp³-hybridized carbons (Fsp3) is 0.438. The van der Waals surface area contributed by atoms with Gasteiger partial charge in [0.05, 0.1) is 12.2 Å². The quantitative estimate of drug-likeness (QED) is 0.586. The van der Waals surface area contributed by atoms with Gasteiger partial charge in [-0.05, 0) is 18.1 Å². The van der Waals surface area contributed by atoms with E-state index in [9.17, 15) is 4.79 Å². The van der Waals surface area contributed by atoms with Crippen molar-refractivity contribution >= 4 is 17.7 Å². The molecule has 1 N–H and O–H groups in total. The summed E-state index contributed by atoms with van der Waals surface area (Å²) < 4.78 is 10.3. The molecule has 2 rings (SSSR count). The highest BCUT2D eigenvalue weighted by atomic mass is 32.2. The number of aliphatic hydroxyl groups is 1. The molecule has 23 heavy (non-hydrogen) atoms. The number of carbonyl (C=O) groups is 1. The Morgan fingerprint density at radius 1 is 1.39 bits per heavy atom. The van der Waals surface area contributed by atoms with Gasteiger partial charge in [-0.3, -0.25) is 0 Å². The van der Waals surface area contributed by atoms with Crippen LogP contribution in [0.4, 0.5) is 0 Å². The number of ether oxygens (including phenoxy) is 1. The summed E-state index contributed by atoms with van der Waals surface area (Å²) >= 11 is 1.41. The van der Waals surface area contributed by atoms with Crippen molar-refractivity contribution in [2.24, 2.45) is 5.92 Å². The molecule has 0 saturated carbocycles. The van der Waals surface area contributed by atoms with Crippen LogP contribution >= 0.6 is 11.8 Å². The van der Waals surface area contributed by atoms with Crippen LogP contribution in [0.3, 0.4) is 0 Å². The number of carbonyl (C=O) groups excluding carboxylic acids is 1. The molecule has 1 heterocycles. The van der Waals surface area contributed by atoms with Crippen LogP contribution in [0, 0.1) is 5.92 Å². The smallest absolute Gasteiger partial charge is 0.339 e. The van der Waals surface area contributed by atoms with Crippen LogP contribution in [-0.2, 0) is 17.8 Å². The van der Waals surface area contributed by atoms with E-state index in [1.54, 1.807) is 12.1 Å². The van der Waals surface area contributed by atoms with Gasteiger partial charge in [0.2, 0.25) is 0 Å². The maximum Gasteiger partial charge on any atom is 0.339 e. The molecule has 0 spiro atoms. The average molecular weight is 336 g/mol. The molecule has 0 aliphatic rings. The molecule has 0 bridgehead atoms. The third-order valence-electron chi connectivity index (χ3n) is 2.88. The van der Waals surface area contributed by atoms with Crippen LogP contribution in [0.25, 0.3) is 0 Å². The molecule has 6 nitrogen and oxygen atoms in total. The fourth-order valence-electron chi connectivity index (χ4n) is 1.92. The Labute approximate surface area is 139 Å². The summed E-state index contributed by atoms with van der Waals surface area (Å²) in [5.41, 5.74) is 0.466. The molecule has 0 radical (unpaired) electrons. The van der Waals surface area contributed by atoms with Gasteiger partial charge in [0.15, 0.2) is 12.4 Å². The molecular weight excluding hydrogens is 316 g/mol. The van der Waals surface area contributed by atoms with Crippen molar-refractivity contribution in [2.45, 2.75) is 31.8 Å². The SMILES string of the molecule is CC(C)Cc1noc(COC(=O)c2ccccc2SCCO)n1. The van der Waals surface area contributed by atoms with E-state index in [1.807, 2.05) is 12.1 Å². The van der Waals surface area contributed by atoms with E-state index in [1.165, 1.54) is 11.8 Å². The summed E-state index contributed by atoms with van der Waals surface area (Å²) in [6, 6.07) is 7.13. The summed E-state index contributed by atoms with van der Waals surface area (Å²) in [4.78, 5) is 17.2. The largest absolute Gasteiger partial charge is 0.452 e. The van der Waals surface area contributed by atoms with Crippen LogP contribution < -0.4 is 0 Å². The van der Waals surface area contributed by atoms with Crippen molar-refractivity contribution in [3.05, 3.63) is 41.5 Å². The van der Waals surface area contributed by atoms with Gasteiger partial charge >= 0.3 is 5.97 Å². The highest BCUT2D eigenvalue weighted by Crippen LogP contribution is 2.23. The predicted octanol–water partition coefficient (Wildman–Crippen LogP) is 2.71. The first-order valence-electron chi connectivity index (χ1n) is 7.41. The average Bonchev–Trinajstić information content (AvgIpc) is 2.97. The Balaban J connectivity index is 1.95. The van der Waals surface area contributed by atoms with E-state index in [0.717, 1.165) is 11.3 Å². The number of hydrogen-bond acceptors (Lipinski definition) is 7. The van der Waals surface area contributed by atoms with E-state index in [-0.39, 0.29) is 19.1 Å². The van der Waals surface area contributed by atoms with Crippen molar-refractivity contribution in [1.29, 1.82) is 0 Å². The minimum atomic E-state index is -0.449. The highest BCUT2D eigenvalue weighted by Gasteiger charge is 2.15. The number of hydrogen-bond donors (Lipinski definition) is 1. The van der Waals surface area contributed by atoms with Crippen LogP contribution in [0.1, 0.15) is 35.9 Å². The molecule has 1 aromatic heterocycles. The fourth-order valence-corrected chi connectivity index (χ4v) is 2.71. The second-order valence-electron chi connectivity index (χ2n) is 5.35. The van der Waals surface area contributed by atoms with Crippen molar-refractivity contribution in [2.75, 3.05) is 12.4 Å². The lowest BCUT2D eigenvalue weighted by molar-refractivity contribution is 0.0425. The first-order valence-corrected chi connectivity index (χ1v) is 8.40. The van der Waals surface area contributed by atoms with Gasteiger partial charge in [0, 0.05) is 17.1 Å². The van der Waals surface area contributed by atoms with E-state index in [0.29, 0.717) is 23.1 Å². The summed E-state index contributed by atoms with van der Waals surface area (Å²) in [5.74, 6) is 1.40. The van der Waals surface area contributed by atoms with Crippen LogP contribution in [0.2, 0.25) is 0 Å². The number of benzene rings is 1. The second-order valence-corrected chi connectivity index (χ2v) is 6.48. The Hall–Kier alpha value is -1.86. The second kappa shape index (κ2) is 8.69. The van der Waals surface area contributed by atoms with Gasteiger partial charge in [0.25, 0.3) is 5.89 Å². The lowest BCUT2D eigenvalue weighted by Crippen LogP contribution is -2.07. The molecule has 2 aromatic rings. The first-order chi connectivity index (χ1) is 11.1. The van der Waals surface area contributed by atoms with Crippen molar-refractivity contribution < 1.29 is 19.2 Å². The minimum absolute atomic E-state index is 0.0503. The number of rotatable bonds is 8. The third-order valence-corrected chi connectivity index (χ3v) is 3.94. The monoisotopic (exact) mass is 336 g/mol. The number of aromatic nitrogens is 2. The molecular formula is C16H20N2O4S. The van der Waals surface area contributed by atoms with Crippen LogP contribution in [-0.4, -0.2) is 33.6 Å². The Morgan fingerprint density at radius 3 is 2.91 bits per heavy atom. The lowest BCUT2D eigenvalue weighted by Gasteiger charge is -2.07. The van der Waals surface area contributed by atoms with Crippen molar-refractivity contribution in [3.8, 4) is 0 Å². The maximum absolute atomic E-state index is 12.2. The van der Waals surface area contributed by atoms with Gasteiger partial charge in [-0.25, -0.2) is 4.79 Å². The molecule has 7 heteroatoms. The molecule has 0 atom stereocenters. The van der Waals surface area contributed by atoms with Crippen LogP contribution in [0.15, 0.2) is 33.7 Å². The molecule has 0 amide bonds. The standard InChI is InChI=1S/C16H20N2O4S/c1-11(2)9-14-17-15(22-18-14)10-21-16(20)12-5-3-4-6-13(12)23-8-7-19/h3-6,11,19H,7-10H2,1-2H3. The molecule has 0 unspecified atom stereocenters. The minimum Gasteiger partial charge on any atom is -0.452 e. The van der Waals surface area contributed by atoms with Crippen molar-refractivity contribution in [3.63, 3.8) is 0 Å². The normalized spacial score (nSPS) is 11.0. The summed E-state index contributed by atoms with van der Waals surface area (Å²) in [5, 5.41) is 12.8. The Bertz CT molecular complexity index is 643. The first kappa shape index (κ1) is 17.5. The summed E-state index contributed by atoms with van der Waals surface area (Å²) in [7, 11) is 0. The lowest BCUT2D eigenvalue weighted by atomic mass is 10.1. The third kappa shape index (κ3) is 5.37. The van der Waals surface area contributed by atoms with Gasteiger partial charge in [-0.1, -0.05) is 31.1 Å². The molecule has 1 aromatic carbocycles. The number of thioether (sulfide) groups is 1. The van der Waals surface area contributed by atoms with Crippen molar-refractivity contribution in [1.82, 2.24) is 10.1 Å². The van der Waals surface area contributed by atoms with E-state index >= 15 is 0 Å². The highest BCUT2D eigenvalue weighted by molar-refractivity contribution is 7.99. The van der Waals surface area contributed by atoms with E-state index in [4.69, 9.17) is 14.4 Å². The molecule has 124 valence electrons. The predicted molar refractivity (Wildman–Crippen MR) is 86.2 cm³/mol. The zero-order valence-corrected chi connectivity index (χ0v) is 14.0. The molecule has 0 saturated heterocycles. The van der Waals surface area contributed by atoms with Gasteiger partial charge in [-0.15, -0.1) is 11.8 Å². The maximum atomic E-state index is 12.2. The van der Waals surface area contributed by atoms with E-state index in [2.05, 4.69) is 24.0 Å². The topological polar surface area (TPSA) is 85.5 Å². The zero-order chi connectivity index (χ0) is 16.7. The number of aliphatic hydroxyl groups excluding tert-OH is 1. The molecule has 0 aliphatic carbocycles. The van der Waals surface area contributed by atoms with Gasteiger partial charge in [0.1, 0.15) is 0 Å². The Kier molecular flexibility index (Phi) is 6.61. The summed E-state index contributed by atoms with van der Waals surface area (Å²) in [6.45, 7) is 4.13. The van der Waals surface area contributed by atoms with E-state index < -0.39 is 5.97 Å². The zero-order valence-electron chi connectivity index (χ0n) is 13.2. The number of nitrogens with zero attached hydrogens (tertiary/aromatic N) is 2. The number of esters is 1. The van der Waals surface area contributed by atoms with Gasteiger partial charge < -0.3 is 14.4 Å². The Morgan fingerprint density at radius 2 is 2.17 bits per heavy atom. The molecule has 0 fully saturated rings. The van der Waals surface area contributed by atoms with Gasteiger partial charge in [-0.2, -0.15) is 4.98 Å². The molecule has 0 aliphatic heterocycles. The summed E-state index contributed by atoms with van der Waals surface area (Å²) in [6.07, 6.45) is 0.720.